The Morgan fingerprint density at radius 1 is 0.857 bits per heavy atom. The van der Waals surface area contributed by atoms with E-state index < -0.39 is 29.7 Å². The summed E-state index contributed by atoms with van der Waals surface area (Å²) < 4.78 is 15.3. The SMILES string of the molecule is CCCCC(CCCC)(CCCC)OC(=O)NC(CCC(=O)OC)C(=O)OC. The Hall–Kier alpha value is -1.79. The van der Waals surface area contributed by atoms with Crippen molar-refractivity contribution in [3.8, 4) is 0 Å². The second-order valence-electron chi connectivity index (χ2n) is 7.22. The monoisotopic (exact) mass is 401 g/mol. The summed E-state index contributed by atoms with van der Waals surface area (Å²) in [5.41, 5.74) is -0.519. The molecule has 1 atom stereocenters. The number of nitrogens with one attached hydrogen (secondary N) is 1. The molecule has 0 aliphatic carbocycles. The molecule has 7 nitrogen and oxygen atoms in total. The molecule has 0 aromatic carbocycles. The minimum atomic E-state index is -0.946. The molecule has 7 heteroatoms. The van der Waals surface area contributed by atoms with Gasteiger partial charge >= 0.3 is 18.0 Å². The molecule has 0 aromatic heterocycles. The Bertz CT molecular complexity index is 444. The Kier molecular flexibility index (Phi) is 14.2. The van der Waals surface area contributed by atoms with E-state index >= 15 is 0 Å². The predicted octanol–water partition coefficient (Wildman–Crippen LogP) is 4.52. The van der Waals surface area contributed by atoms with E-state index in [9.17, 15) is 14.4 Å². The van der Waals surface area contributed by atoms with Crippen molar-refractivity contribution in [2.45, 2.75) is 103 Å². The van der Waals surface area contributed by atoms with Crippen LogP contribution in [0.2, 0.25) is 0 Å². The number of carbonyl (C=O) groups excluding carboxylic acids is 3. The third-order valence-electron chi connectivity index (χ3n) is 4.91. The molecular weight excluding hydrogens is 362 g/mol. The number of esters is 2. The molecule has 0 saturated heterocycles. The molecule has 0 radical (unpaired) electrons. The van der Waals surface area contributed by atoms with Gasteiger partial charge in [-0.05, 0) is 44.9 Å². The lowest BCUT2D eigenvalue weighted by Crippen LogP contribution is -2.46. The molecule has 0 aliphatic rings. The van der Waals surface area contributed by atoms with Gasteiger partial charge in [-0.15, -0.1) is 0 Å². The molecule has 164 valence electrons. The number of hydrogen-bond acceptors (Lipinski definition) is 6. The largest absolute Gasteiger partial charge is 0.469 e. The molecule has 0 fully saturated rings. The lowest BCUT2D eigenvalue weighted by molar-refractivity contribution is -0.144. The first-order valence-electron chi connectivity index (χ1n) is 10.5. The van der Waals surface area contributed by atoms with E-state index in [4.69, 9.17) is 9.47 Å². The number of rotatable bonds is 15. The molecule has 1 unspecified atom stereocenters. The average Bonchev–Trinajstić information content (AvgIpc) is 2.70. The van der Waals surface area contributed by atoms with Crippen LogP contribution >= 0.6 is 0 Å². The number of hydrogen-bond donors (Lipinski definition) is 1. The van der Waals surface area contributed by atoms with Gasteiger partial charge in [0.2, 0.25) is 0 Å². The highest BCUT2D eigenvalue weighted by Gasteiger charge is 2.34. The number of amides is 1. The van der Waals surface area contributed by atoms with Crippen LogP contribution in [0, 0.1) is 0 Å². The van der Waals surface area contributed by atoms with Crippen LogP contribution < -0.4 is 5.32 Å². The molecule has 0 aromatic rings. The Balaban J connectivity index is 5.18. The van der Waals surface area contributed by atoms with Crippen molar-refractivity contribution in [2.24, 2.45) is 0 Å². The van der Waals surface area contributed by atoms with Gasteiger partial charge in [0.15, 0.2) is 0 Å². The Morgan fingerprint density at radius 2 is 1.36 bits per heavy atom. The van der Waals surface area contributed by atoms with Gasteiger partial charge in [-0.25, -0.2) is 9.59 Å². The summed E-state index contributed by atoms with van der Waals surface area (Å²) in [6.45, 7) is 6.35. The summed E-state index contributed by atoms with van der Waals surface area (Å²) in [6, 6.07) is -0.946. The fraction of sp³-hybridized carbons (Fsp3) is 0.857. The van der Waals surface area contributed by atoms with E-state index in [1.54, 1.807) is 0 Å². The van der Waals surface area contributed by atoms with Gasteiger partial charge < -0.3 is 19.5 Å². The van der Waals surface area contributed by atoms with E-state index in [1.807, 2.05) is 0 Å². The number of carbonyl (C=O) groups is 3. The van der Waals surface area contributed by atoms with Crippen molar-refractivity contribution in [1.29, 1.82) is 0 Å². The van der Waals surface area contributed by atoms with Crippen molar-refractivity contribution in [3.05, 3.63) is 0 Å². The molecular formula is C21H39NO6. The van der Waals surface area contributed by atoms with Gasteiger partial charge in [0.05, 0.1) is 14.2 Å². The summed E-state index contributed by atoms with van der Waals surface area (Å²) >= 11 is 0. The molecule has 0 bridgehead atoms. The summed E-state index contributed by atoms with van der Waals surface area (Å²) in [5, 5.41) is 2.59. The van der Waals surface area contributed by atoms with E-state index in [-0.39, 0.29) is 12.8 Å². The van der Waals surface area contributed by atoms with Crippen LogP contribution in [0.5, 0.6) is 0 Å². The van der Waals surface area contributed by atoms with Crippen LogP contribution in [0.1, 0.15) is 91.4 Å². The maximum Gasteiger partial charge on any atom is 0.408 e. The first-order chi connectivity index (χ1) is 13.4. The van der Waals surface area contributed by atoms with Crippen LogP contribution in [0.25, 0.3) is 0 Å². The fourth-order valence-electron chi connectivity index (χ4n) is 3.15. The number of alkyl carbamates (subject to hydrolysis) is 1. The van der Waals surface area contributed by atoms with Gasteiger partial charge in [-0.1, -0.05) is 40.0 Å². The highest BCUT2D eigenvalue weighted by Crippen LogP contribution is 2.32. The van der Waals surface area contributed by atoms with Gasteiger partial charge in [0, 0.05) is 6.42 Å². The van der Waals surface area contributed by atoms with Gasteiger partial charge in [-0.2, -0.15) is 0 Å². The molecule has 1 N–H and O–H groups in total. The molecule has 0 aliphatic heterocycles. The predicted molar refractivity (Wildman–Crippen MR) is 108 cm³/mol. The van der Waals surface area contributed by atoms with Crippen molar-refractivity contribution in [2.75, 3.05) is 14.2 Å². The third-order valence-corrected chi connectivity index (χ3v) is 4.91. The van der Waals surface area contributed by atoms with Crippen LogP contribution in [0.3, 0.4) is 0 Å². The summed E-state index contributed by atoms with van der Waals surface area (Å²) in [6.07, 6.45) is 7.88. The minimum Gasteiger partial charge on any atom is -0.469 e. The highest BCUT2D eigenvalue weighted by molar-refractivity contribution is 5.82. The van der Waals surface area contributed by atoms with E-state index in [2.05, 4.69) is 30.8 Å². The number of methoxy groups -OCH3 is 2. The third kappa shape index (κ3) is 10.5. The van der Waals surface area contributed by atoms with Crippen molar-refractivity contribution in [1.82, 2.24) is 5.32 Å². The lowest BCUT2D eigenvalue weighted by atomic mass is 9.86. The number of ether oxygens (including phenoxy) is 3. The first-order valence-corrected chi connectivity index (χ1v) is 10.5. The summed E-state index contributed by atoms with van der Waals surface area (Å²) in [4.78, 5) is 36.0. The summed E-state index contributed by atoms with van der Waals surface area (Å²) in [7, 11) is 2.52. The van der Waals surface area contributed by atoms with Crippen LogP contribution in [0.4, 0.5) is 4.79 Å². The standard InChI is InChI=1S/C21H39NO6/c1-6-9-14-21(15-10-7-2,16-11-8-3)28-20(25)22-17(19(24)27-5)12-13-18(23)26-4/h17H,6-16H2,1-5H3,(H,22,25). The van der Waals surface area contributed by atoms with Gasteiger partial charge in [0.25, 0.3) is 0 Å². The normalized spacial score (nSPS) is 12.2. The zero-order valence-electron chi connectivity index (χ0n) is 18.3. The van der Waals surface area contributed by atoms with Gasteiger partial charge in [0.1, 0.15) is 11.6 Å². The number of unbranched alkanes of at least 4 members (excludes halogenated alkanes) is 3. The van der Waals surface area contributed by atoms with Crippen molar-refractivity contribution < 1.29 is 28.6 Å². The van der Waals surface area contributed by atoms with E-state index in [0.717, 1.165) is 57.8 Å². The van der Waals surface area contributed by atoms with Crippen LogP contribution in [0.15, 0.2) is 0 Å². The second kappa shape index (κ2) is 15.2. The molecule has 0 spiro atoms. The topological polar surface area (TPSA) is 90.9 Å². The quantitative estimate of drug-likeness (QED) is 0.320. The maximum atomic E-state index is 12.6. The van der Waals surface area contributed by atoms with Gasteiger partial charge in [-0.3, -0.25) is 4.79 Å². The van der Waals surface area contributed by atoms with E-state index in [1.165, 1.54) is 14.2 Å². The Morgan fingerprint density at radius 3 is 1.75 bits per heavy atom. The zero-order chi connectivity index (χ0) is 21.4. The Labute approximate surface area is 169 Å². The molecule has 1 amide bonds. The maximum absolute atomic E-state index is 12.6. The van der Waals surface area contributed by atoms with Crippen molar-refractivity contribution in [3.63, 3.8) is 0 Å². The zero-order valence-corrected chi connectivity index (χ0v) is 18.3. The minimum absolute atomic E-state index is 0.00317. The van der Waals surface area contributed by atoms with Crippen LogP contribution in [-0.2, 0) is 23.8 Å². The smallest absolute Gasteiger partial charge is 0.408 e. The molecule has 0 rings (SSSR count). The lowest BCUT2D eigenvalue weighted by Gasteiger charge is -2.34. The molecule has 28 heavy (non-hydrogen) atoms. The average molecular weight is 402 g/mol. The summed E-state index contributed by atoms with van der Waals surface area (Å²) in [5.74, 6) is -1.06. The van der Waals surface area contributed by atoms with E-state index in [0.29, 0.717) is 0 Å². The molecule has 0 saturated carbocycles. The highest BCUT2D eigenvalue weighted by atomic mass is 16.6. The van der Waals surface area contributed by atoms with Crippen molar-refractivity contribution >= 4 is 18.0 Å². The molecule has 0 heterocycles. The second-order valence-corrected chi connectivity index (χ2v) is 7.22. The fourth-order valence-corrected chi connectivity index (χ4v) is 3.15. The van der Waals surface area contributed by atoms with Crippen LogP contribution in [-0.4, -0.2) is 43.9 Å². The first kappa shape index (κ1) is 26.2.